The number of carbonyl (C=O) groups excluding carboxylic acids is 1. The Morgan fingerprint density at radius 3 is 2.38 bits per heavy atom. The molecule has 21 heavy (non-hydrogen) atoms. The summed E-state index contributed by atoms with van der Waals surface area (Å²) in [5.41, 5.74) is 3.03. The van der Waals surface area contributed by atoms with Gasteiger partial charge in [-0.05, 0) is 42.5 Å². The Kier molecular flexibility index (Phi) is 5.09. The lowest BCUT2D eigenvalue weighted by molar-refractivity contribution is 0.0939. The predicted octanol–water partition coefficient (Wildman–Crippen LogP) is 4.09. The van der Waals surface area contributed by atoms with Crippen LogP contribution in [0, 0.1) is 0 Å². The predicted molar refractivity (Wildman–Crippen MR) is 85.3 cm³/mol. The standard InChI is InChI=1S/C18H22N2O/c1-4-13(2)15-7-9-16(10-8-15)14(3)20-18(21)17-6-5-11-19-12-17/h5-14H,4H2,1-3H3,(H,20,21)/t13-,14+/m0/s1. The van der Waals surface area contributed by atoms with Gasteiger partial charge in [0.05, 0.1) is 11.6 Å². The highest BCUT2D eigenvalue weighted by Gasteiger charge is 2.12. The second kappa shape index (κ2) is 7.02. The molecule has 2 rings (SSSR count). The summed E-state index contributed by atoms with van der Waals surface area (Å²) in [6, 6.07) is 12.0. The highest BCUT2D eigenvalue weighted by Crippen LogP contribution is 2.21. The normalized spacial score (nSPS) is 13.5. The highest BCUT2D eigenvalue weighted by molar-refractivity contribution is 5.94. The van der Waals surface area contributed by atoms with E-state index in [4.69, 9.17) is 0 Å². The van der Waals surface area contributed by atoms with Crippen LogP contribution in [0.4, 0.5) is 0 Å². The third-order valence-corrected chi connectivity index (χ3v) is 3.89. The van der Waals surface area contributed by atoms with Crippen molar-refractivity contribution in [1.29, 1.82) is 0 Å². The van der Waals surface area contributed by atoms with Crippen LogP contribution < -0.4 is 5.32 Å². The van der Waals surface area contributed by atoms with Crippen molar-refractivity contribution in [3.63, 3.8) is 0 Å². The van der Waals surface area contributed by atoms with Crippen LogP contribution in [-0.2, 0) is 0 Å². The molecule has 0 bridgehead atoms. The highest BCUT2D eigenvalue weighted by atomic mass is 16.1. The molecule has 1 amide bonds. The maximum Gasteiger partial charge on any atom is 0.253 e. The molecular formula is C18H22N2O. The van der Waals surface area contributed by atoms with Gasteiger partial charge in [0.2, 0.25) is 0 Å². The average Bonchev–Trinajstić information content (AvgIpc) is 2.55. The summed E-state index contributed by atoms with van der Waals surface area (Å²) in [6.07, 6.45) is 4.37. The minimum absolute atomic E-state index is 0.0244. The van der Waals surface area contributed by atoms with Crippen LogP contribution in [0.15, 0.2) is 48.8 Å². The molecule has 0 saturated heterocycles. The van der Waals surface area contributed by atoms with Gasteiger partial charge in [-0.3, -0.25) is 9.78 Å². The van der Waals surface area contributed by atoms with E-state index in [9.17, 15) is 4.79 Å². The number of nitrogens with zero attached hydrogens (tertiary/aromatic N) is 1. The Balaban J connectivity index is 2.03. The van der Waals surface area contributed by atoms with E-state index in [1.165, 1.54) is 5.56 Å². The summed E-state index contributed by atoms with van der Waals surface area (Å²) < 4.78 is 0. The van der Waals surface area contributed by atoms with Crippen LogP contribution in [0.3, 0.4) is 0 Å². The van der Waals surface area contributed by atoms with Crippen LogP contribution in [-0.4, -0.2) is 10.9 Å². The molecule has 110 valence electrons. The molecule has 0 aliphatic carbocycles. The maximum atomic E-state index is 12.1. The Morgan fingerprint density at radius 2 is 1.81 bits per heavy atom. The molecule has 0 aliphatic heterocycles. The van der Waals surface area contributed by atoms with Crippen molar-refractivity contribution >= 4 is 5.91 Å². The largest absolute Gasteiger partial charge is 0.345 e. The topological polar surface area (TPSA) is 42.0 Å². The van der Waals surface area contributed by atoms with Gasteiger partial charge in [-0.25, -0.2) is 0 Å². The Morgan fingerprint density at radius 1 is 1.14 bits per heavy atom. The van der Waals surface area contributed by atoms with Crippen LogP contribution in [0.1, 0.15) is 60.6 Å². The number of rotatable bonds is 5. The van der Waals surface area contributed by atoms with Gasteiger partial charge in [0.15, 0.2) is 0 Å². The van der Waals surface area contributed by atoms with Gasteiger partial charge in [0.1, 0.15) is 0 Å². The maximum absolute atomic E-state index is 12.1. The molecular weight excluding hydrogens is 260 g/mol. The molecule has 2 atom stereocenters. The number of amides is 1. The van der Waals surface area contributed by atoms with Gasteiger partial charge >= 0.3 is 0 Å². The van der Waals surface area contributed by atoms with Gasteiger partial charge < -0.3 is 5.32 Å². The van der Waals surface area contributed by atoms with Crippen molar-refractivity contribution in [2.45, 2.75) is 39.2 Å². The molecule has 0 aliphatic rings. The minimum atomic E-state index is -0.0957. The van der Waals surface area contributed by atoms with Crippen LogP contribution >= 0.6 is 0 Å². The van der Waals surface area contributed by atoms with Crippen molar-refractivity contribution in [3.05, 3.63) is 65.5 Å². The number of hydrogen-bond acceptors (Lipinski definition) is 2. The van der Waals surface area contributed by atoms with E-state index in [0.29, 0.717) is 11.5 Å². The number of nitrogens with one attached hydrogen (secondary N) is 1. The Hall–Kier alpha value is -2.16. The third-order valence-electron chi connectivity index (χ3n) is 3.89. The van der Waals surface area contributed by atoms with E-state index in [-0.39, 0.29) is 11.9 Å². The average molecular weight is 282 g/mol. The molecule has 3 heteroatoms. The summed E-state index contributed by atoms with van der Waals surface area (Å²) in [7, 11) is 0. The van der Waals surface area contributed by atoms with Gasteiger partial charge in [0.25, 0.3) is 5.91 Å². The van der Waals surface area contributed by atoms with E-state index in [0.717, 1.165) is 12.0 Å². The van der Waals surface area contributed by atoms with Crippen molar-refractivity contribution in [1.82, 2.24) is 10.3 Å². The van der Waals surface area contributed by atoms with Crippen molar-refractivity contribution in [2.24, 2.45) is 0 Å². The number of benzene rings is 1. The summed E-state index contributed by atoms with van der Waals surface area (Å²) in [6.45, 7) is 6.41. The number of aromatic nitrogens is 1. The van der Waals surface area contributed by atoms with E-state index in [1.54, 1.807) is 24.5 Å². The summed E-state index contributed by atoms with van der Waals surface area (Å²) in [4.78, 5) is 16.1. The zero-order chi connectivity index (χ0) is 15.2. The molecule has 3 nitrogen and oxygen atoms in total. The molecule has 0 spiro atoms. The molecule has 1 heterocycles. The first-order valence-corrected chi connectivity index (χ1v) is 7.42. The fourth-order valence-corrected chi connectivity index (χ4v) is 2.21. The molecule has 0 fully saturated rings. The lowest BCUT2D eigenvalue weighted by Crippen LogP contribution is -2.26. The van der Waals surface area contributed by atoms with Gasteiger partial charge in [-0.1, -0.05) is 38.1 Å². The molecule has 2 aromatic rings. The summed E-state index contributed by atoms with van der Waals surface area (Å²) in [5, 5.41) is 3.00. The first kappa shape index (κ1) is 15.2. The Bertz CT molecular complexity index is 578. The van der Waals surface area contributed by atoms with Gasteiger partial charge in [-0.15, -0.1) is 0 Å². The number of carbonyl (C=O) groups is 1. The molecule has 0 unspecified atom stereocenters. The van der Waals surface area contributed by atoms with Crippen molar-refractivity contribution in [3.8, 4) is 0 Å². The molecule has 1 aromatic heterocycles. The van der Waals surface area contributed by atoms with Crippen LogP contribution in [0.5, 0.6) is 0 Å². The summed E-state index contributed by atoms with van der Waals surface area (Å²) >= 11 is 0. The minimum Gasteiger partial charge on any atom is -0.345 e. The van der Waals surface area contributed by atoms with Gasteiger partial charge in [0, 0.05) is 12.4 Å². The van der Waals surface area contributed by atoms with Crippen LogP contribution in [0.2, 0.25) is 0 Å². The lowest BCUT2D eigenvalue weighted by Gasteiger charge is -2.16. The lowest BCUT2D eigenvalue weighted by atomic mass is 9.96. The zero-order valence-electron chi connectivity index (χ0n) is 12.8. The monoisotopic (exact) mass is 282 g/mol. The second-order valence-electron chi connectivity index (χ2n) is 5.41. The molecule has 1 aromatic carbocycles. The third kappa shape index (κ3) is 3.91. The van der Waals surface area contributed by atoms with E-state index in [2.05, 4.69) is 48.4 Å². The summed E-state index contributed by atoms with van der Waals surface area (Å²) in [5.74, 6) is 0.473. The zero-order valence-corrected chi connectivity index (χ0v) is 12.8. The SMILES string of the molecule is CC[C@H](C)c1ccc([C@@H](C)NC(=O)c2cccnc2)cc1. The second-order valence-corrected chi connectivity index (χ2v) is 5.41. The van der Waals surface area contributed by atoms with Crippen LogP contribution in [0.25, 0.3) is 0 Å². The van der Waals surface area contributed by atoms with E-state index >= 15 is 0 Å². The van der Waals surface area contributed by atoms with E-state index < -0.39 is 0 Å². The Labute approximate surface area is 126 Å². The molecule has 0 radical (unpaired) electrons. The van der Waals surface area contributed by atoms with Crippen molar-refractivity contribution < 1.29 is 4.79 Å². The first-order chi connectivity index (χ1) is 10.1. The smallest absolute Gasteiger partial charge is 0.253 e. The molecule has 0 saturated carbocycles. The first-order valence-electron chi connectivity index (χ1n) is 7.42. The number of hydrogen-bond donors (Lipinski definition) is 1. The van der Waals surface area contributed by atoms with Gasteiger partial charge in [-0.2, -0.15) is 0 Å². The van der Waals surface area contributed by atoms with E-state index in [1.807, 2.05) is 6.92 Å². The number of pyridine rings is 1. The quantitative estimate of drug-likeness (QED) is 0.897. The fraction of sp³-hybridized carbons (Fsp3) is 0.333. The fourth-order valence-electron chi connectivity index (χ4n) is 2.21. The van der Waals surface area contributed by atoms with Crippen molar-refractivity contribution in [2.75, 3.05) is 0 Å². The molecule has 1 N–H and O–H groups in total.